The summed E-state index contributed by atoms with van der Waals surface area (Å²) < 4.78 is 0. The zero-order valence-electron chi connectivity index (χ0n) is 8.44. The van der Waals surface area contributed by atoms with E-state index in [0.717, 1.165) is 12.8 Å². The Morgan fingerprint density at radius 3 is 1.58 bits per heavy atom. The van der Waals surface area contributed by atoms with Crippen molar-refractivity contribution < 1.29 is 5.06 Å². The molecule has 12 heavy (non-hydrogen) atoms. The normalized spacial score (nSPS) is 27.8. The van der Waals surface area contributed by atoms with Crippen molar-refractivity contribution in [3.63, 3.8) is 0 Å². The first-order valence-corrected chi connectivity index (χ1v) is 4.41. The standard InChI is InChI=1S/C9H19NO.ClH/c1-8(2)6-5-7-9(3,4)10(8)11;/h10H,5-7H2,1-4H3;1H. The van der Waals surface area contributed by atoms with E-state index < -0.39 is 0 Å². The molecule has 0 aliphatic carbocycles. The quantitative estimate of drug-likeness (QED) is 0.581. The fraction of sp³-hybridized carbons (Fsp3) is 1.00. The zero-order chi connectivity index (χ0) is 8.70. The molecule has 74 valence electrons. The maximum absolute atomic E-state index is 11.8. The number of quaternary nitrogens is 1. The van der Waals surface area contributed by atoms with E-state index in [1.807, 2.05) is 0 Å². The van der Waals surface area contributed by atoms with Crippen molar-refractivity contribution in [2.45, 2.75) is 58.0 Å². The number of nitrogens with one attached hydrogen (secondary N) is 1. The van der Waals surface area contributed by atoms with Crippen LogP contribution in [0, 0.1) is 5.21 Å². The molecule has 0 bridgehead atoms. The van der Waals surface area contributed by atoms with Gasteiger partial charge in [-0.05, 0) is 34.1 Å². The molecule has 1 rings (SSSR count). The zero-order valence-corrected chi connectivity index (χ0v) is 9.25. The summed E-state index contributed by atoms with van der Waals surface area (Å²) in [5.41, 5.74) is -0.135. The van der Waals surface area contributed by atoms with Gasteiger partial charge in [0.05, 0.1) is 11.1 Å². The average molecular weight is 194 g/mol. The predicted octanol–water partition coefficient (Wildman–Crippen LogP) is 1.53. The summed E-state index contributed by atoms with van der Waals surface area (Å²) in [6, 6.07) is 0. The van der Waals surface area contributed by atoms with E-state index in [4.69, 9.17) is 0 Å². The van der Waals surface area contributed by atoms with E-state index >= 15 is 0 Å². The molecule has 1 aliphatic heterocycles. The minimum Gasteiger partial charge on any atom is -0.634 e. The van der Waals surface area contributed by atoms with Gasteiger partial charge >= 0.3 is 0 Å². The Kier molecular flexibility index (Phi) is 3.59. The Bertz CT molecular complexity index is 141. The number of halogens is 1. The molecule has 1 aliphatic rings. The second-order valence-corrected chi connectivity index (χ2v) is 4.95. The van der Waals surface area contributed by atoms with Crippen LogP contribution in [0.25, 0.3) is 0 Å². The van der Waals surface area contributed by atoms with Crippen molar-refractivity contribution in [3.05, 3.63) is 5.21 Å². The second kappa shape index (κ2) is 3.52. The molecule has 0 radical (unpaired) electrons. The molecule has 0 unspecified atom stereocenters. The largest absolute Gasteiger partial charge is 0.634 e. The van der Waals surface area contributed by atoms with Crippen LogP contribution in [0.4, 0.5) is 0 Å². The Morgan fingerprint density at radius 2 is 1.33 bits per heavy atom. The number of hydrogen-bond donors (Lipinski definition) is 1. The average Bonchev–Trinajstić information content (AvgIpc) is 1.82. The van der Waals surface area contributed by atoms with Gasteiger partial charge in [0.15, 0.2) is 0 Å². The van der Waals surface area contributed by atoms with Crippen LogP contribution in [0.1, 0.15) is 47.0 Å². The lowest BCUT2D eigenvalue weighted by Gasteiger charge is -2.52. The Balaban J connectivity index is 0.00000121. The first-order chi connectivity index (χ1) is 4.86. The smallest absolute Gasteiger partial charge is 0.0921 e. The van der Waals surface area contributed by atoms with Crippen LogP contribution in [0.5, 0.6) is 0 Å². The van der Waals surface area contributed by atoms with Gasteiger partial charge in [-0.1, -0.05) is 0 Å². The van der Waals surface area contributed by atoms with Crippen molar-refractivity contribution in [1.29, 1.82) is 0 Å². The van der Waals surface area contributed by atoms with E-state index in [0.29, 0.717) is 5.06 Å². The van der Waals surface area contributed by atoms with Crippen LogP contribution < -0.4 is 5.06 Å². The highest BCUT2D eigenvalue weighted by Crippen LogP contribution is 2.22. The molecular formula is C9H20ClNO. The second-order valence-electron chi connectivity index (χ2n) is 4.95. The lowest BCUT2D eigenvalue weighted by molar-refractivity contribution is -0.955. The minimum atomic E-state index is -0.0677. The maximum atomic E-state index is 11.8. The molecule has 1 heterocycles. The van der Waals surface area contributed by atoms with Gasteiger partial charge in [-0.15, -0.1) is 12.4 Å². The molecule has 1 fully saturated rings. The molecule has 1 saturated heterocycles. The van der Waals surface area contributed by atoms with Gasteiger partial charge in [-0.3, -0.25) is 0 Å². The molecule has 0 aromatic rings. The van der Waals surface area contributed by atoms with Gasteiger partial charge in [-0.2, -0.15) is 0 Å². The van der Waals surface area contributed by atoms with Crippen LogP contribution in [0.15, 0.2) is 0 Å². The van der Waals surface area contributed by atoms with E-state index in [1.165, 1.54) is 6.42 Å². The summed E-state index contributed by atoms with van der Waals surface area (Å²) in [7, 11) is 0. The fourth-order valence-corrected chi connectivity index (χ4v) is 2.12. The molecule has 0 amide bonds. The topological polar surface area (TPSA) is 27.5 Å². The van der Waals surface area contributed by atoms with Gasteiger partial charge < -0.3 is 10.3 Å². The van der Waals surface area contributed by atoms with Gasteiger partial charge in [0.1, 0.15) is 0 Å². The fourth-order valence-electron chi connectivity index (χ4n) is 2.12. The number of piperidine rings is 1. The Morgan fingerprint density at radius 1 is 1.00 bits per heavy atom. The molecular weight excluding hydrogens is 174 g/mol. The molecule has 1 N–H and O–H groups in total. The van der Waals surface area contributed by atoms with Crippen molar-refractivity contribution >= 4 is 12.4 Å². The SMILES string of the molecule is CC1(C)CCCC(C)(C)[NH+]1[O-].Cl. The first-order valence-electron chi connectivity index (χ1n) is 4.41. The lowest BCUT2D eigenvalue weighted by atomic mass is 9.82. The Hall–Kier alpha value is 0.210. The third kappa shape index (κ3) is 2.12. The van der Waals surface area contributed by atoms with Crippen LogP contribution >= 0.6 is 12.4 Å². The molecule has 0 aromatic heterocycles. The highest BCUT2D eigenvalue weighted by molar-refractivity contribution is 5.85. The van der Waals surface area contributed by atoms with Gasteiger partial charge in [-0.25, -0.2) is 0 Å². The van der Waals surface area contributed by atoms with Crippen LogP contribution in [-0.2, 0) is 0 Å². The summed E-state index contributed by atoms with van der Waals surface area (Å²) in [6.07, 6.45) is 3.33. The molecule has 3 heteroatoms. The van der Waals surface area contributed by atoms with Crippen molar-refractivity contribution in [3.8, 4) is 0 Å². The van der Waals surface area contributed by atoms with Crippen LogP contribution in [0.2, 0.25) is 0 Å². The lowest BCUT2D eigenvalue weighted by Crippen LogP contribution is -3.22. The number of rotatable bonds is 0. The minimum absolute atomic E-state index is 0. The van der Waals surface area contributed by atoms with Gasteiger partial charge in [0, 0.05) is 12.8 Å². The first kappa shape index (κ1) is 12.2. The van der Waals surface area contributed by atoms with E-state index in [1.54, 1.807) is 0 Å². The van der Waals surface area contributed by atoms with Crippen LogP contribution in [-0.4, -0.2) is 11.1 Å². The van der Waals surface area contributed by atoms with Gasteiger partial charge in [0.2, 0.25) is 0 Å². The van der Waals surface area contributed by atoms with Gasteiger partial charge in [0.25, 0.3) is 0 Å². The summed E-state index contributed by atoms with van der Waals surface area (Å²) in [6.45, 7) is 8.26. The van der Waals surface area contributed by atoms with E-state index in [-0.39, 0.29) is 23.5 Å². The molecule has 0 aromatic carbocycles. The van der Waals surface area contributed by atoms with Crippen molar-refractivity contribution in [1.82, 2.24) is 0 Å². The van der Waals surface area contributed by atoms with Crippen LogP contribution in [0.3, 0.4) is 0 Å². The maximum Gasteiger partial charge on any atom is 0.0921 e. The highest BCUT2D eigenvalue weighted by Gasteiger charge is 2.40. The van der Waals surface area contributed by atoms with Crippen molar-refractivity contribution in [2.75, 3.05) is 0 Å². The number of hydrogen-bond acceptors (Lipinski definition) is 1. The summed E-state index contributed by atoms with van der Waals surface area (Å²) >= 11 is 0. The highest BCUT2D eigenvalue weighted by atomic mass is 35.5. The Labute approximate surface area is 81.3 Å². The summed E-state index contributed by atoms with van der Waals surface area (Å²) in [5.74, 6) is 0. The summed E-state index contributed by atoms with van der Waals surface area (Å²) in [5, 5.41) is 12.2. The summed E-state index contributed by atoms with van der Waals surface area (Å²) in [4.78, 5) is 0. The molecule has 0 atom stereocenters. The molecule has 2 nitrogen and oxygen atoms in total. The monoisotopic (exact) mass is 193 g/mol. The molecule has 0 spiro atoms. The third-order valence-corrected chi connectivity index (χ3v) is 2.83. The van der Waals surface area contributed by atoms with E-state index in [2.05, 4.69) is 27.7 Å². The third-order valence-electron chi connectivity index (χ3n) is 2.83. The predicted molar refractivity (Wildman–Crippen MR) is 53.6 cm³/mol. The van der Waals surface area contributed by atoms with Crippen molar-refractivity contribution in [2.24, 2.45) is 0 Å². The molecule has 0 saturated carbocycles. The number of hydroxylamine groups is 2. The van der Waals surface area contributed by atoms with E-state index in [9.17, 15) is 5.21 Å².